The lowest BCUT2D eigenvalue weighted by Crippen LogP contribution is -3.00. The molecule has 0 unspecified atom stereocenters. The maximum absolute atomic E-state index is 12.9. The third-order valence-electron chi connectivity index (χ3n) is 6.54. The van der Waals surface area contributed by atoms with Gasteiger partial charge < -0.3 is 33.2 Å². The van der Waals surface area contributed by atoms with Crippen molar-refractivity contribution in [1.82, 2.24) is 0 Å². The average Bonchev–Trinajstić information content (AvgIpc) is 3.21. The van der Waals surface area contributed by atoms with Crippen molar-refractivity contribution in [1.29, 1.82) is 0 Å². The van der Waals surface area contributed by atoms with E-state index < -0.39 is 0 Å². The van der Waals surface area contributed by atoms with Gasteiger partial charge in [0.15, 0.2) is 0 Å². The second kappa shape index (κ2) is 9.13. The van der Waals surface area contributed by atoms with Gasteiger partial charge in [0.05, 0.1) is 39.3 Å². The molecule has 2 bridgehead atoms. The lowest BCUT2D eigenvalue weighted by atomic mass is 9.90. The first-order chi connectivity index (χ1) is 13.0. The van der Waals surface area contributed by atoms with Crippen molar-refractivity contribution in [2.45, 2.75) is 44.3 Å². The number of benzene rings is 1. The van der Waals surface area contributed by atoms with Crippen molar-refractivity contribution in [2.75, 3.05) is 25.6 Å². The minimum absolute atomic E-state index is 0. The largest absolute Gasteiger partial charge is 1.00 e. The van der Waals surface area contributed by atoms with Crippen LogP contribution in [0, 0.1) is 5.92 Å². The first kappa shape index (κ1) is 21.6. The molecule has 3 atom stereocenters. The van der Waals surface area contributed by atoms with Gasteiger partial charge in [-0.1, -0.05) is 30.3 Å². The number of piperidine rings is 1. The van der Waals surface area contributed by atoms with Gasteiger partial charge >= 0.3 is 6.09 Å². The zero-order valence-corrected chi connectivity index (χ0v) is 19.6. The smallest absolute Gasteiger partial charge is 0.415 e. The molecule has 2 fully saturated rings. The molecule has 1 aromatic carbocycles. The van der Waals surface area contributed by atoms with Gasteiger partial charge in [-0.15, -0.1) is 11.3 Å². The average molecular weight is 512 g/mol. The highest BCUT2D eigenvalue weighted by Crippen LogP contribution is 2.42. The summed E-state index contributed by atoms with van der Waals surface area (Å²) in [4.78, 5) is 14.7. The van der Waals surface area contributed by atoms with Gasteiger partial charge in [0, 0.05) is 31.6 Å². The van der Waals surface area contributed by atoms with Crippen LogP contribution in [0.3, 0.4) is 0 Å². The van der Waals surface area contributed by atoms with Crippen LogP contribution < -0.4 is 28.9 Å². The Labute approximate surface area is 189 Å². The molecule has 1 amide bonds. The number of carbonyl (C=O) groups excluding carboxylic acids is 1. The Balaban J connectivity index is 0.00000225. The molecular formula is C22H29IN2O2S. The van der Waals surface area contributed by atoms with Gasteiger partial charge in [0.25, 0.3) is 0 Å². The van der Waals surface area contributed by atoms with Gasteiger partial charge in [0.2, 0.25) is 0 Å². The van der Waals surface area contributed by atoms with E-state index in [-0.39, 0.29) is 30.1 Å². The van der Waals surface area contributed by atoms with E-state index in [0.29, 0.717) is 19.1 Å². The fourth-order valence-corrected chi connectivity index (χ4v) is 5.54. The number of hydrogen-bond donors (Lipinski definition) is 0. The summed E-state index contributed by atoms with van der Waals surface area (Å²) in [6.45, 7) is 1.09. The minimum atomic E-state index is -0.229. The number of amides is 1. The third-order valence-corrected chi connectivity index (χ3v) is 7.44. The van der Waals surface area contributed by atoms with Crippen LogP contribution in [0.25, 0.3) is 0 Å². The molecule has 152 valence electrons. The highest BCUT2D eigenvalue weighted by molar-refractivity contribution is 7.14. The number of fused-ring (bicyclic) bond motifs is 2. The van der Waals surface area contributed by atoms with E-state index >= 15 is 0 Å². The molecule has 0 N–H and O–H groups in total. The molecule has 0 aliphatic carbocycles. The Morgan fingerprint density at radius 3 is 2.39 bits per heavy atom. The Morgan fingerprint density at radius 2 is 1.79 bits per heavy atom. The molecule has 0 saturated carbocycles. The SMILES string of the molecule is C[N+]1(C)[C@@H]2CC[C@H]1C[C@@H](COC(=O)N(Cc1ccccc1)c1cccs1)C2.[I-]. The minimum Gasteiger partial charge on any atom is -1.00 e. The van der Waals surface area contributed by atoms with Gasteiger partial charge in [-0.25, -0.2) is 4.79 Å². The Hall–Kier alpha value is -1.12. The summed E-state index contributed by atoms with van der Waals surface area (Å²) in [6.07, 6.45) is 4.76. The second-order valence-electron chi connectivity index (χ2n) is 8.45. The molecule has 4 nitrogen and oxygen atoms in total. The first-order valence-electron chi connectivity index (χ1n) is 9.89. The van der Waals surface area contributed by atoms with E-state index in [2.05, 4.69) is 14.1 Å². The molecule has 0 radical (unpaired) electrons. The molecule has 2 aromatic rings. The first-order valence-corrected chi connectivity index (χ1v) is 10.8. The second-order valence-corrected chi connectivity index (χ2v) is 9.38. The zero-order chi connectivity index (χ0) is 18.9. The van der Waals surface area contributed by atoms with Crippen LogP contribution in [-0.2, 0) is 11.3 Å². The fourth-order valence-electron chi connectivity index (χ4n) is 4.82. The van der Waals surface area contributed by atoms with Crippen molar-refractivity contribution >= 4 is 22.4 Å². The monoisotopic (exact) mass is 512 g/mol. The molecule has 0 spiro atoms. The molecule has 6 heteroatoms. The van der Waals surface area contributed by atoms with Crippen molar-refractivity contribution in [3.8, 4) is 0 Å². The number of anilines is 1. The Morgan fingerprint density at radius 1 is 1.11 bits per heavy atom. The van der Waals surface area contributed by atoms with Crippen molar-refractivity contribution in [2.24, 2.45) is 5.92 Å². The summed E-state index contributed by atoms with van der Waals surface area (Å²) in [5, 5.41) is 2.93. The zero-order valence-electron chi connectivity index (χ0n) is 16.6. The number of ether oxygens (including phenoxy) is 1. The third kappa shape index (κ3) is 4.54. The predicted molar refractivity (Wildman–Crippen MR) is 110 cm³/mol. The van der Waals surface area contributed by atoms with Crippen LogP contribution in [0.4, 0.5) is 9.80 Å². The molecule has 28 heavy (non-hydrogen) atoms. The summed E-state index contributed by atoms with van der Waals surface area (Å²) in [7, 11) is 4.73. The summed E-state index contributed by atoms with van der Waals surface area (Å²) >= 11 is 1.57. The van der Waals surface area contributed by atoms with E-state index in [1.54, 1.807) is 16.2 Å². The number of nitrogens with zero attached hydrogens (tertiary/aromatic N) is 2. The molecule has 1 aromatic heterocycles. The van der Waals surface area contributed by atoms with Crippen LogP contribution in [-0.4, -0.2) is 43.4 Å². The number of halogens is 1. The molecule has 2 saturated heterocycles. The van der Waals surface area contributed by atoms with Gasteiger partial charge in [-0.3, -0.25) is 4.90 Å². The highest BCUT2D eigenvalue weighted by atomic mass is 127. The number of hydrogen-bond acceptors (Lipinski definition) is 3. The van der Waals surface area contributed by atoms with Crippen molar-refractivity contribution in [3.05, 3.63) is 53.4 Å². The number of rotatable bonds is 5. The van der Waals surface area contributed by atoms with Gasteiger partial charge in [-0.05, 0) is 23.1 Å². The predicted octanol–water partition coefficient (Wildman–Crippen LogP) is 1.91. The summed E-state index contributed by atoms with van der Waals surface area (Å²) in [5.74, 6) is 0.500. The molecule has 2 aliphatic rings. The normalized spacial score (nSPS) is 25.0. The molecular weight excluding hydrogens is 483 g/mol. The number of quaternary nitrogens is 1. The number of carbonyl (C=O) groups is 1. The summed E-state index contributed by atoms with van der Waals surface area (Å²) in [5.41, 5.74) is 1.11. The maximum Gasteiger partial charge on any atom is 0.415 e. The van der Waals surface area contributed by atoms with Gasteiger partial charge in [-0.2, -0.15) is 0 Å². The van der Waals surface area contributed by atoms with Crippen LogP contribution in [0.2, 0.25) is 0 Å². The highest BCUT2D eigenvalue weighted by Gasteiger charge is 2.49. The number of thiophene rings is 1. The lowest BCUT2D eigenvalue weighted by molar-refractivity contribution is -0.931. The van der Waals surface area contributed by atoms with Crippen LogP contribution in [0.1, 0.15) is 31.2 Å². The molecule has 4 rings (SSSR count). The lowest BCUT2D eigenvalue weighted by Gasteiger charge is -2.44. The van der Waals surface area contributed by atoms with Gasteiger partial charge in [0.1, 0.15) is 5.00 Å². The molecule has 3 heterocycles. The summed E-state index contributed by atoms with van der Waals surface area (Å²) in [6, 6.07) is 15.5. The topological polar surface area (TPSA) is 29.5 Å². The Kier molecular flexibility index (Phi) is 7.04. The molecule has 2 aliphatic heterocycles. The van der Waals surface area contributed by atoms with E-state index in [1.165, 1.54) is 25.7 Å². The van der Waals surface area contributed by atoms with E-state index in [4.69, 9.17) is 4.74 Å². The standard InChI is InChI=1S/C22H29N2O2S.HI/c1-24(2)19-10-11-20(24)14-18(13-19)16-26-22(25)23(21-9-6-12-27-21)15-17-7-4-3-5-8-17;/h3-9,12,18-20H,10-11,13-16H2,1-2H3;1H/q+1;/p-1/t18-,19+,20-;. The van der Waals surface area contributed by atoms with E-state index in [9.17, 15) is 4.79 Å². The van der Waals surface area contributed by atoms with Crippen LogP contribution >= 0.6 is 11.3 Å². The van der Waals surface area contributed by atoms with Crippen molar-refractivity contribution < 1.29 is 38.0 Å². The maximum atomic E-state index is 12.9. The van der Waals surface area contributed by atoms with Crippen LogP contribution in [0.15, 0.2) is 47.8 Å². The van der Waals surface area contributed by atoms with Crippen molar-refractivity contribution in [3.63, 3.8) is 0 Å². The summed E-state index contributed by atoms with van der Waals surface area (Å²) < 4.78 is 6.97. The quantitative estimate of drug-likeness (QED) is 0.453. The van der Waals surface area contributed by atoms with Crippen LogP contribution in [0.5, 0.6) is 0 Å². The Bertz CT molecular complexity index is 750. The van der Waals surface area contributed by atoms with E-state index in [1.807, 2.05) is 47.8 Å². The fraction of sp³-hybridized carbons (Fsp3) is 0.500. The van der Waals surface area contributed by atoms with E-state index in [0.717, 1.165) is 27.1 Å².